The average Bonchev–Trinajstić information content (AvgIpc) is 3.14. The van der Waals surface area contributed by atoms with E-state index in [2.05, 4.69) is 20.4 Å². The van der Waals surface area contributed by atoms with E-state index in [1.165, 1.54) is 6.07 Å². The Hall–Kier alpha value is -3.74. The molecule has 0 aliphatic carbocycles. The predicted molar refractivity (Wildman–Crippen MR) is 103 cm³/mol. The molecule has 1 aliphatic heterocycles. The maximum Gasteiger partial charge on any atom is 0.189 e. The quantitative estimate of drug-likeness (QED) is 0.541. The van der Waals surface area contributed by atoms with Crippen LogP contribution in [0.25, 0.3) is 17.2 Å². The van der Waals surface area contributed by atoms with Crippen LogP contribution >= 0.6 is 0 Å². The van der Waals surface area contributed by atoms with E-state index in [0.29, 0.717) is 22.9 Å². The Labute approximate surface area is 160 Å². The van der Waals surface area contributed by atoms with Gasteiger partial charge in [0.2, 0.25) is 0 Å². The van der Waals surface area contributed by atoms with Gasteiger partial charge < -0.3 is 0 Å². The highest BCUT2D eigenvalue weighted by molar-refractivity contribution is 5.87. The largest absolute Gasteiger partial charge is 0.275 e. The zero-order valence-corrected chi connectivity index (χ0v) is 15.0. The van der Waals surface area contributed by atoms with E-state index in [-0.39, 0.29) is 5.82 Å². The third-order valence-corrected chi connectivity index (χ3v) is 4.94. The van der Waals surface area contributed by atoms with E-state index in [1.807, 2.05) is 41.8 Å². The number of rotatable bonds is 2. The Morgan fingerprint density at radius 1 is 0.893 bits per heavy atom. The van der Waals surface area contributed by atoms with Crippen LogP contribution < -0.4 is 0 Å². The molecule has 4 aromatic rings. The molecule has 0 spiro atoms. The van der Waals surface area contributed by atoms with Crippen LogP contribution in [0, 0.1) is 5.82 Å². The molecule has 0 amide bonds. The maximum absolute atomic E-state index is 14.8. The second-order valence-electron chi connectivity index (χ2n) is 6.66. The molecule has 1 atom stereocenters. The van der Waals surface area contributed by atoms with Crippen LogP contribution in [0.5, 0.6) is 0 Å². The fourth-order valence-corrected chi connectivity index (χ4v) is 3.52. The fraction of sp³-hybridized carbons (Fsp3) is 0.0952. The Balaban J connectivity index is 1.85. The van der Waals surface area contributed by atoms with Crippen LogP contribution in [0.4, 0.5) is 4.39 Å². The van der Waals surface area contributed by atoms with Gasteiger partial charge >= 0.3 is 0 Å². The molecule has 3 heterocycles. The number of hydrogen-bond donors (Lipinski definition) is 0. The van der Waals surface area contributed by atoms with Crippen LogP contribution in [-0.2, 0) is 5.54 Å². The van der Waals surface area contributed by atoms with E-state index in [0.717, 1.165) is 11.3 Å². The minimum atomic E-state index is -1.06. The molecule has 7 heteroatoms. The molecular formula is C21H15FN6. The van der Waals surface area contributed by atoms with E-state index in [9.17, 15) is 4.39 Å². The summed E-state index contributed by atoms with van der Waals surface area (Å²) in [5, 5.41) is 16.9. The van der Waals surface area contributed by atoms with Crippen molar-refractivity contribution in [3.8, 4) is 17.2 Å². The highest BCUT2D eigenvalue weighted by Crippen LogP contribution is 2.39. The summed E-state index contributed by atoms with van der Waals surface area (Å²) in [6.07, 6.45) is 3.36. The number of aliphatic imine (C=N–C) groups is 1. The summed E-state index contributed by atoms with van der Waals surface area (Å²) in [7, 11) is 0. The van der Waals surface area contributed by atoms with Gasteiger partial charge in [-0.2, -0.15) is 5.10 Å². The molecule has 0 saturated carbocycles. The summed E-state index contributed by atoms with van der Waals surface area (Å²) in [5.41, 5.74) is 1.69. The molecule has 5 rings (SSSR count). The molecule has 2 aromatic heterocycles. The summed E-state index contributed by atoms with van der Waals surface area (Å²) < 4.78 is 16.6. The SMILES string of the molecule is CC1(c2ccccc2F)N=Cc2ccccc2-n2c(-c3cccnn3)nnc21. The van der Waals surface area contributed by atoms with Crippen molar-refractivity contribution < 1.29 is 4.39 Å². The summed E-state index contributed by atoms with van der Waals surface area (Å²) in [5.74, 6) is 0.701. The Kier molecular flexibility index (Phi) is 3.61. The number of halogens is 1. The van der Waals surface area contributed by atoms with Gasteiger partial charge in [0.1, 0.15) is 17.1 Å². The molecule has 0 fully saturated rings. The number of hydrogen-bond acceptors (Lipinski definition) is 5. The second-order valence-corrected chi connectivity index (χ2v) is 6.66. The van der Waals surface area contributed by atoms with Gasteiger partial charge in [-0.15, -0.1) is 15.3 Å². The molecule has 0 saturated heterocycles. The minimum absolute atomic E-state index is 0.344. The Bertz CT molecular complexity index is 1200. The molecule has 136 valence electrons. The standard InChI is InChI=1S/C21H15FN6/c1-21(15-8-3-4-9-16(15)22)20-27-26-19(17-10-6-12-24-25-17)28(20)18-11-5-2-7-14(18)13-23-21/h2-13H,1H3. The molecule has 28 heavy (non-hydrogen) atoms. The first kappa shape index (κ1) is 16.4. The number of para-hydroxylation sites is 1. The van der Waals surface area contributed by atoms with Crippen molar-refractivity contribution in [2.24, 2.45) is 4.99 Å². The second kappa shape index (κ2) is 6.16. The van der Waals surface area contributed by atoms with E-state index in [4.69, 9.17) is 4.99 Å². The van der Waals surface area contributed by atoms with Gasteiger partial charge in [0.25, 0.3) is 0 Å². The molecule has 6 nitrogen and oxygen atoms in total. The lowest BCUT2D eigenvalue weighted by atomic mass is 9.91. The zero-order chi connectivity index (χ0) is 19.1. The van der Waals surface area contributed by atoms with Crippen molar-refractivity contribution in [2.75, 3.05) is 0 Å². The van der Waals surface area contributed by atoms with Crippen LogP contribution in [0.1, 0.15) is 23.9 Å². The maximum atomic E-state index is 14.8. The normalized spacial score (nSPS) is 17.6. The predicted octanol–water partition coefficient (Wildman–Crippen LogP) is 3.56. The van der Waals surface area contributed by atoms with Crippen molar-refractivity contribution >= 4 is 6.21 Å². The fourth-order valence-electron chi connectivity index (χ4n) is 3.52. The number of nitrogens with zero attached hydrogens (tertiary/aromatic N) is 6. The molecule has 0 N–H and O–H groups in total. The molecule has 0 radical (unpaired) electrons. The lowest BCUT2D eigenvalue weighted by Gasteiger charge is -2.24. The smallest absolute Gasteiger partial charge is 0.189 e. The summed E-state index contributed by atoms with van der Waals surface area (Å²) in [6.45, 7) is 1.84. The van der Waals surface area contributed by atoms with Crippen LogP contribution in [-0.4, -0.2) is 31.2 Å². The number of aromatic nitrogens is 5. The third kappa shape index (κ3) is 2.36. The minimum Gasteiger partial charge on any atom is -0.275 e. The van der Waals surface area contributed by atoms with Crippen molar-refractivity contribution in [1.29, 1.82) is 0 Å². The molecule has 1 unspecified atom stereocenters. The monoisotopic (exact) mass is 370 g/mol. The van der Waals surface area contributed by atoms with Gasteiger partial charge in [0.05, 0.1) is 5.69 Å². The summed E-state index contributed by atoms with van der Waals surface area (Å²) in [6, 6.07) is 18.0. The highest BCUT2D eigenvalue weighted by atomic mass is 19.1. The van der Waals surface area contributed by atoms with Gasteiger partial charge in [-0.1, -0.05) is 36.4 Å². The van der Waals surface area contributed by atoms with E-state index >= 15 is 0 Å². The first-order valence-electron chi connectivity index (χ1n) is 8.82. The summed E-state index contributed by atoms with van der Waals surface area (Å²) in [4.78, 5) is 4.75. The van der Waals surface area contributed by atoms with Crippen LogP contribution in [0.15, 0.2) is 71.9 Å². The third-order valence-electron chi connectivity index (χ3n) is 4.94. The lowest BCUT2D eigenvalue weighted by molar-refractivity contribution is 0.505. The molecule has 2 aromatic carbocycles. The van der Waals surface area contributed by atoms with Gasteiger partial charge in [0.15, 0.2) is 11.6 Å². The Morgan fingerprint density at radius 3 is 2.54 bits per heavy atom. The number of benzene rings is 2. The zero-order valence-electron chi connectivity index (χ0n) is 15.0. The van der Waals surface area contributed by atoms with Gasteiger partial charge in [-0.3, -0.25) is 9.56 Å². The Morgan fingerprint density at radius 2 is 1.71 bits per heavy atom. The highest BCUT2D eigenvalue weighted by Gasteiger charge is 2.39. The van der Waals surface area contributed by atoms with Gasteiger partial charge in [0, 0.05) is 23.5 Å². The number of fused-ring (bicyclic) bond motifs is 3. The van der Waals surface area contributed by atoms with Crippen molar-refractivity contribution in [2.45, 2.75) is 12.5 Å². The van der Waals surface area contributed by atoms with E-state index in [1.54, 1.807) is 36.7 Å². The van der Waals surface area contributed by atoms with Crippen molar-refractivity contribution in [1.82, 2.24) is 25.0 Å². The van der Waals surface area contributed by atoms with Gasteiger partial charge in [-0.25, -0.2) is 4.39 Å². The van der Waals surface area contributed by atoms with Crippen molar-refractivity contribution in [3.05, 3.63) is 89.6 Å². The lowest BCUT2D eigenvalue weighted by Crippen LogP contribution is -2.26. The molecule has 1 aliphatic rings. The average molecular weight is 370 g/mol. The first-order valence-corrected chi connectivity index (χ1v) is 8.82. The summed E-state index contributed by atoms with van der Waals surface area (Å²) >= 11 is 0. The topological polar surface area (TPSA) is 68.8 Å². The van der Waals surface area contributed by atoms with Crippen LogP contribution in [0.3, 0.4) is 0 Å². The van der Waals surface area contributed by atoms with Crippen molar-refractivity contribution in [3.63, 3.8) is 0 Å². The molecule has 0 bridgehead atoms. The van der Waals surface area contributed by atoms with Crippen LogP contribution in [0.2, 0.25) is 0 Å². The van der Waals surface area contributed by atoms with Gasteiger partial charge in [-0.05, 0) is 31.2 Å². The molecular weight excluding hydrogens is 355 g/mol. The first-order chi connectivity index (χ1) is 13.7. The van der Waals surface area contributed by atoms with E-state index < -0.39 is 5.54 Å².